The first-order valence-corrected chi connectivity index (χ1v) is 6.75. The van der Waals surface area contributed by atoms with Gasteiger partial charge in [0.15, 0.2) is 0 Å². The number of benzene rings is 1. The molecule has 2 rings (SSSR count). The lowest BCUT2D eigenvalue weighted by molar-refractivity contribution is 0.588. The minimum Gasteiger partial charge on any atom is -0.205 e. The summed E-state index contributed by atoms with van der Waals surface area (Å²) in [5.41, 5.74) is 0.624. The van der Waals surface area contributed by atoms with Gasteiger partial charge in [-0.15, -0.1) is 0 Å². The van der Waals surface area contributed by atoms with Crippen molar-refractivity contribution in [3.63, 3.8) is 0 Å². The van der Waals surface area contributed by atoms with Crippen molar-refractivity contribution in [3.05, 3.63) is 28.0 Å². The van der Waals surface area contributed by atoms with Gasteiger partial charge in [-0.25, -0.2) is 8.42 Å². The Labute approximate surface area is 95.1 Å². The zero-order valence-electron chi connectivity index (χ0n) is 7.31. The maximum absolute atomic E-state index is 11.3. The number of aromatic nitrogens is 2. The van der Waals surface area contributed by atoms with Gasteiger partial charge in [-0.05, 0) is 34.7 Å². The number of rotatable bonds is 1. The van der Waals surface area contributed by atoms with Gasteiger partial charge in [0, 0.05) is 8.96 Å². The second-order valence-corrected chi connectivity index (χ2v) is 5.90. The third-order valence-corrected chi connectivity index (χ3v) is 3.70. The maximum Gasteiger partial charge on any atom is 0.251 e. The van der Waals surface area contributed by atoms with Crippen molar-refractivity contribution < 1.29 is 8.42 Å². The Morgan fingerprint density at radius 3 is 2.79 bits per heavy atom. The van der Waals surface area contributed by atoms with Crippen molar-refractivity contribution >= 4 is 43.5 Å². The van der Waals surface area contributed by atoms with Crippen molar-refractivity contribution in [2.75, 3.05) is 6.26 Å². The Balaban J connectivity index is 2.90. The van der Waals surface area contributed by atoms with Gasteiger partial charge < -0.3 is 0 Å². The Morgan fingerprint density at radius 1 is 1.43 bits per heavy atom. The lowest BCUT2D eigenvalue weighted by Crippen LogP contribution is -2.11. The highest BCUT2D eigenvalue weighted by Crippen LogP contribution is 2.20. The molecule has 0 fully saturated rings. The zero-order valence-corrected chi connectivity index (χ0v) is 10.3. The fourth-order valence-corrected chi connectivity index (χ4v) is 2.61. The van der Waals surface area contributed by atoms with Gasteiger partial charge in [-0.2, -0.15) is 9.19 Å². The van der Waals surface area contributed by atoms with Crippen molar-refractivity contribution in [3.8, 4) is 0 Å². The predicted molar refractivity (Wildman–Crippen MR) is 62.7 cm³/mol. The van der Waals surface area contributed by atoms with E-state index in [4.69, 9.17) is 0 Å². The van der Waals surface area contributed by atoms with Crippen LogP contribution in [0.2, 0.25) is 0 Å². The summed E-state index contributed by atoms with van der Waals surface area (Å²) in [6, 6.07) is 5.47. The molecule has 1 heterocycles. The van der Waals surface area contributed by atoms with E-state index in [1.54, 1.807) is 12.3 Å². The quantitative estimate of drug-likeness (QED) is 0.747. The highest BCUT2D eigenvalue weighted by Gasteiger charge is 2.11. The molecule has 0 aliphatic rings. The Kier molecular flexibility index (Phi) is 2.26. The van der Waals surface area contributed by atoms with Crippen molar-refractivity contribution in [1.29, 1.82) is 0 Å². The van der Waals surface area contributed by atoms with E-state index in [0.29, 0.717) is 5.52 Å². The fraction of sp³-hybridized carbons (Fsp3) is 0.125. The molecule has 0 spiro atoms. The van der Waals surface area contributed by atoms with Crippen molar-refractivity contribution in [1.82, 2.24) is 9.19 Å². The summed E-state index contributed by atoms with van der Waals surface area (Å²) >= 11 is 2.15. The zero-order chi connectivity index (χ0) is 10.3. The van der Waals surface area contributed by atoms with Crippen LogP contribution < -0.4 is 0 Å². The van der Waals surface area contributed by atoms with E-state index in [1.165, 1.54) is 0 Å². The molecule has 1 aromatic carbocycles. The van der Waals surface area contributed by atoms with Crippen LogP contribution in [0.1, 0.15) is 0 Å². The third-order valence-electron chi connectivity index (χ3n) is 1.84. The van der Waals surface area contributed by atoms with Gasteiger partial charge in [0.2, 0.25) is 0 Å². The second-order valence-electron chi connectivity index (χ2n) is 2.92. The van der Waals surface area contributed by atoms with Gasteiger partial charge in [-0.3, -0.25) is 0 Å². The highest BCUT2D eigenvalue weighted by molar-refractivity contribution is 14.1. The van der Waals surface area contributed by atoms with Gasteiger partial charge in [0.25, 0.3) is 10.0 Å². The topological polar surface area (TPSA) is 52.0 Å². The second kappa shape index (κ2) is 3.20. The lowest BCUT2D eigenvalue weighted by Gasteiger charge is -1.99. The Morgan fingerprint density at radius 2 is 2.14 bits per heavy atom. The lowest BCUT2D eigenvalue weighted by atomic mass is 10.3. The molecule has 14 heavy (non-hydrogen) atoms. The standard InChI is InChI=1S/C8H7IN2O2S/c1-14(12,13)11-8-4-2-3-7(9)6(8)5-10-11/h2-5H,1H3. The van der Waals surface area contributed by atoms with Crippen molar-refractivity contribution in [2.45, 2.75) is 0 Å². The number of hydrogen-bond donors (Lipinski definition) is 0. The third kappa shape index (κ3) is 1.52. The van der Waals surface area contributed by atoms with E-state index in [1.807, 2.05) is 12.1 Å². The summed E-state index contributed by atoms with van der Waals surface area (Å²) in [6.45, 7) is 0. The first-order valence-electron chi connectivity index (χ1n) is 3.83. The van der Waals surface area contributed by atoms with Crippen LogP contribution in [0.3, 0.4) is 0 Å². The smallest absolute Gasteiger partial charge is 0.205 e. The van der Waals surface area contributed by atoms with Gasteiger partial charge in [0.1, 0.15) is 0 Å². The van der Waals surface area contributed by atoms with Crippen LogP contribution in [0.4, 0.5) is 0 Å². The summed E-state index contributed by atoms with van der Waals surface area (Å²) in [6.07, 6.45) is 2.71. The molecule has 0 aliphatic carbocycles. The molecule has 0 saturated carbocycles. The average Bonchev–Trinajstić information content (AvgIpc) is 2.47. The minimum atomic E-state index is -3.30. The summed E-state index contributed by atoms with van der Waals surface area (Å²) in [5, 5.41) is 4.71. The van der Waals surface area contributed by atoms with Crippen LogP contribution in [0.25, 0.3) is 10.9 Å². The van der Waals surface area contributed by atoms with Gasteiger partial charge >= 0.3 is 0 Å². The molecule has 0 aliphatic heterocycles. The number of nitrogens with zero attached hydrogens (tertiary/aromatic N) is 2. The van der Waals surface area contributed by atoms with E-state index >= 15 is 0 Å². The molecule has 0 atom stereocenters. The molecule has 1 aromatic heterocycles. The molecule has 0 bridgehead atoms. The molecule has 0 saturated heterocycles. The molecular weight excluding hydrogens is 315 g/mol. The van der Waals surface area contributed by atoms with E-state index in [2.05, 4.69) is 27.7 Å². The molecule has 2 aromatic rings. The normalized spacial score (nSPS) is 12.1. The predicted octanol–water partition coefficient (Wildman–Crippen LogP) is 1.45. The SMILES string of the molecule is CS(=O)(=O)n1ncc2c(I)cccc21. The van der Waals surface area contributed by atoms with Crippen LogP contribution in [-0.4, -0.2) is 23.9 Å². The van der Waals surface area contributed by atoms with Gasteiger partial charge in [0.05, 0.1) is 18.0 Å². The van der Waals surface area contributed by atoms with Crippen LogP contribution in [0.5, 0.6) is 0 Å². The average molecular weight is 322 g/mol. The first-order chi connectivity index (χ1) is 6.50. The Bertz CT molecular complexity index is 588. The summed E-state index contributed by atoms with van der Waals surface area (Å²) < 4.78 is 24.7. The minimum absolute atomic E-state index is 0.624. The summed E-state index contributed by atoms with van der Waals surface area (Å²) in [5.74, 6) is 0. The monoisotopic (exact) mass is 322 g/mol. The van der Waals surface area contributed by atoms with Gasteiger partial charge in [-0.1, -0.05) is 6.07 Å². The van der Waals surface area contributed by atoms with Crippen molar-refractivity contribution in [2.24, 2.45) is 0 Å². The molecule has 4 nitrogen and oxygen atoms in total. The molecule has 6 heteroatoms. The summed E-state index contributed by atoms with van der Waals surface area (Å²) in [7, 11) is -3.30. The molecule has 0 N–H and O–H groups in total. The number of fused-ring (bicyclic) bond motifs is 1. The highest BCUT2D eigenvalue weighted by atomic mass is 127. The largest absolute Gasteiger partial charge is 0.251 e. The van der Waals surface area contributed by atoms with E-state index in [0.717, 1.165) is 19.3 Å². The van der Waals surface area contributed by atoms with Crippen LogP contribution in [-0.2, 0) is 10.0 Å². The molecule has 0 radical (unpaired) electrons. The molecular formula is C8H7IN2O2S. The maximum atomic E-state index is 11.3. The van der Waals surface area contributed by atoms with E-state index < -0.39 is 10.0 Å². The number of halogens is 1. The molecule has 74 valence electrons. The molecule has 0 amide bonds. The first kappa shape index (κ1) is 9.91. The Hall–Kier alpha value is -0.630. The van der Waals surface area contributed by atoms with Crippen LogP contribution in [0.15, 0.2) is 24.4 Å². The van der Waals surface area contributed by atoms with E-state index in [9.17, 15) is 8.42 Å². The summed E-state index contributed by atoms with van der Waals surface area (Å²) in [4.78, 5) is 0. The van der Waals surface area contributed by atoms with Crippen LogP contribution in [0, 0.1) is 3.57 Å². The van der Waals surface area contributed by atoms with Crippen LogP contribution >= 0.6 is 22.6 Å². The fourth-order valence-electron chi connectivity index (χ4n) is 1.26. The number of hydrogen-bond acceptors (Lipinski definition) is 3. The van der Waals surface area contributed by atoms with E-state index in [-0.39, 0.29) is 0 Å². The molecule has 0 unspecified atom stereocenters.